The largest absolute Gasteiger partial charge is 0.495 e. The maximum Gasteiger partial charge on any atom is 0.312 e. The van der Waals surface area contributed by atoms with E-state index in [0.29, 0.717) is 24.5 Å². The van der Waals surface area contributed by atoms with Crippen molar-refractivity contribution in [2.45, 2.75) is 39.2 Å². The number of nitrogens with zero attached hydrogens (tertiary/aromatic N) is 2. The van der Waals surface area contributed by atoms with Gasteiger partial charge in [0.05, 0.1) is 18.7 Å². The van der Waals surface area contributed by atoms with Gasteiger partial charge in [-0.05, 0) is 44.4 Å². The number of esters is 1. The molecule has 0 bridgehead atoms. The standard InChI is InChI=1S/C20H26N2O5/c1-13-6-7-17(26-3)16(10-13)22-12-15(11-18(22)23)20(25)27-14(2)19(24)21-8-4-5-9-21/h6-7,10,14-15H,4-5,8-9,11-12H2,1-3H3/t14-,15+/m0/s1. The molecule has 7 heteroatoms. The second-order valence-electron chi connectivity index (χ2n) is 7.19. The number of carbonyl (C=O) groups excluding carboxylic acids is 3. The molecular formula is C20H26N2O5. The zero-order valence-corrected chi connectivity index (χ0v) is 16.1. The van der Waals surface area contributed by atoms with E-state index in [-0.39, 0.29) is 24.8 Å². The molecule has 0 spiro atoms. The van der Waals surface area contributed by atoms with Crippen LogP contribution >= 0.6 is 0 Å². The van der Waals surface area contributed by atoms with Crippen LogP contribution in [-0.2, 0) is 19.1 Å². The fourth-order valence-corrected chi connectivity index (χ4v) is 3.62. The van der Waals surface area contributed by atoms with Crippen molar-refractivity contribution >= 4 is 23.5 Å². The summed E-state index contributed by atoms with van der Waals surface area (Å²) in [6, 6.07) is 5.57. The molecule has 0 N–H and O–H groups in total. The molecule has 2 aliphatic rings. The van der Waals surface area contributed by atoms with Gasteiger partial charge in [0.2, 0.25) is 5.91 Å². The van der Waals surface area contributed by atoms with E-state index in [1.54, 1.807) is 29.9 Å². The predicted molar refractivity (Wildman–Crippen MR) is 99.6 cm³/mol. The molecule has 0 unspecified atom stereocenters. The van der Waals surface area contributed by atoms with Crippen LogP contribution in [0.2, 0.25) is 0 Å². The quantitative estimate of drug-likeness (QED) is 0.736. The third-order valence-corrected chi connectivity index (χ3v) is 5.14. The molecule has 0 aromatic heterocycles. The van der Waals surface area contributed by atoms with Gasteiger partial charge in [0.25, 0.3) is 5.91 Å². The second kappa shape index (κ2) is 7.98. The van der Waals surface area contributed by atoms with E-state index in [1.165, 1.54) is 0 Å². The van der Waals surface area contributed by atoms with Crippen molar-refractivity contribution in [3.63, 3.8) is 0 Å². The SMILES string of the molecule is COc1ccc(C)cc1N1C[C@H](C(=O)O[C@@H](C)C(=O)N2CCCC2)CC1=O. The highest BCUT2D eigenvalue weighted by Crippen LogP contribution is 2.34. The van der Waals surface area contributed by atoms with E-state index in [0.717, 1.165) is 18.4 Å². The van der Waals surface area contributed by atoms with E-state index >= 15 is 0 Å². The van der Waals surface area contributed by atoms with Crippen molar-refractivity contribution in [1.29, 1.82) is 0 Å². The van der Waals surface area contributed by atoms with Gasteiger partial charge in [-0.1, -0.05) is 6.07 Å². The number of benzene rings is 1. The summed E-state index contributed by atoms with van der Waals surface area (Å²) in [5.74, 6) is -0.823. The number of anilines is 1. The molecule has 2 amide bonds. The normalized spacial score (nSPS) is 20.7. The Bertz CT molecular complexity index is 742. The van der Waals surface area contributed by atoms with Crippen molar-refractivity contribution in [2.75, 3.05) is 31.6 Å². The Morgan fingerprint density at radius 1 is 1.22 bits per heavy atom. The molecule has 7 nitrogen and oxygen atoms in total. The molecule has 0 aliphatic carbocycles. The summed E-state index contributed by atoms with van der Waals surface area (Å²) >= 11 is 0. The first-order valence-corrected chi connectivity index (χ1v) is 9.35. The van der Waals surface area contributed by atoms with Crippen LogP contribution in [0.3, 0.4) is 0 Å². The smallest absolute Gasteiger partial charge is 0.312 e. The predicted octanol–water partition coefficient (Wildman–Crippen LogP) is 1.91. The van der Waals surface area contributed by atoms with Gasteiger partial charge in [-0.15, -0.1) is 0 Å². The van der Waals surface area contributed by atoms with Crippen LogP contribution < -0.4 is 9.64 Å². The highest BCUT2D eigenvalue weighted by molar-refractivity contribution is 6.00. The Hall–Kier alpha value is -2.57. The van der Waals surface area contributed by atoms with E-state index in [9.17, 15) is 14.4 Å². The molecule has 0 saturated carbocycles. The summed E-state index contributed by atoms with van der Waals surface area (Å²) in [7, 11) is 1.55. The minimum Gasteiger partial charge on any atom is -0.495 e. The van der Waals surface area contributed by atoms with Gasteiger partial charge in [-0.25, -0.2) is 0 Å². The summed E-state index contributed by atoms with van der Waals surface area (Å²) in [6.45, 7) is 5.17. The molecule has 146 valence electrons. The molecule has 2 aliphatic heterocycles. The van der Waals surface area contributed by atoms with Crippen LogP contribution in [0.4, 0.5) is 5.69 Å². The lowest BCUT2D eigenvalue weighted by molar-refractivity contribution is -0.161. The van der Waals surface area contributed by atoms with Gasteiger partial charge in [0, 0.05) is 26.1 Å². The minimum atomic E-state index is -0.826. The molecule has 2 atom stereocenters. The number of rotatable bonds is 5. The third kappa shape index (κ3) is 4.07. The topological polar surface area (TPSA) is 76.2 Å². The summed E-state index contributed by atoms with van der Waals surface area (Å²) in [6.07, 6.45) is 1.21. The number of ether oxygens (including phenoxy) is 2. The number of aryl methyl sites for hydroxylation is 1. The van der Waals surface area contributed by atoms with Gasteiger partial charge in [0.15, 0.2) is 6.10 Å². The van der Waals surface area contributed by atoms with Crippen molar-refractivity contribution in [2.24, 2.45) is 5.92 Å². The Kier molecular flexibility index (Phi) is 5.68. The van der Waals surface area contributed by atoms with Gasteiger partial charge >= 0.3 is 5.97 Å². The van der Waals surface area contributed by atoms with Crippen molar-refractivity contribution in [3.8, 4) is 5.75 Å². The van der Waals surface area contributed by atoms with Gasteiger partial charge < -0.3 is 19.3 Å². The van der Waals surface area contributed by atoms with Crippen LogP contribution in [0, 0.1) is 12.8 Å². The molecule has 2 fully saturated rings. The summed E-state index contributed by atoms with van der Waals surface area (Å²) in [5.41, 5.74) is 1.65. The lowest BCUT2D eigenvalue weighted by atomic mass is 10.1. The van der Waals surface area contributed by atoms with Crippen molar-refractivity contribution in [3.05, 3.63) is 23.8 Å². The molecule has 0 radical (unpaired) electrons. The Balaban J connectivity index is 1.65. The maximum atomic E-state index is 12.5. The highest BCUT2D eigenvalue weighted by Gasteiger charge is 2.38. The summed E-state index contributed by atoms with van der Waals surface area (Å²) in [5, 5.41) is 0. The first-order valence-electron chi connectivity index (χ1n) is 9.35. The average Bonchev–Trinajstić information content (AvgIpc) is 3.30. The fourth-order valence-electron chi connectivity index (χ4n) is 3.62. The van der Waals surface area contributed by atoms with Crippen LogP contribution in [0.15, 0.2) is 18.2 Å². The first kappa shape index (κ1) is 19.2. The van der Waals surface area contributed by atoms with E-state index in [2.05, 4.69) is 0 Å². The molecule has 1 aromatic carbocycles. The molecule has 2 saturated heterocycles. The molecule has 1 aromatic rings. The van der Waals surface area contributed by atoms with Crippen LogP contribution in [0.5, 0.6) is 5.75 Å². The number of likely N-dealkylation sites (tertiary alicyclic amines) is 1. The monoisotopic (exact) mass is 374 g/mol. The molecule has 2 heterocycles. The lowest BCUT2D eigenvalue weighted by Crippen LogP contribution is -2.39. The molecule has 3 rings (SSSR count). The van der Waals surface area contributed by atoms with Crippen LogP contribution in [-0.4, -0.2) is 55.5 Å². The Morgan fingerprint density at radius 3 is 2.59 bits per heavy atom. The highest BCUT2D eigenvalue weighted by atomic mass is 16.5. The van der Waals surface area contributed by atoms with Crippen LogP contribution in [0.1, 0.15) is 31.7 Å². The minimum absolute atomic E-state index is 0.0700. The summed E-state index contributed by atoms with van der Waals surface area (Å²) in [4.78, 5) is 40.6. The van der Waals surface area contributed by atoms with Crippen LogP contribution in [0.25, 0.3) is 0 Å². The van der Waals surface area contributed by atoms with E-state index in [4.69, 9.17) is 9.47 Å². The first-order chi connectivity index (χ1) is 12.9. The molecule has 27 heavy (non-hydrogen) atoms. The second-order valence-corrected chi connectivity index (χ2v) is 7.19. The number of methoxy groups -OCH3 is 1. The number of amides is 2. The fraction of sp³-hybridized carbons (Fsp3) is 0.550. The lowest BCUT2D eigenvalue weighted by Gasteiger charge is -2.22. The molecular weight excluding hydrogens is 348 g/mol. The summed E-state index contributed by atoms with van der Waals surface area (Å²) < 4.78 is 10.7. The zero-order chi connectivity index (χ0) is 19.6. The van der Waals surface area contributed by atoms with Gasteiger partial charge in [-0.2, -0.15) is 0 Å². The average molecular weight is 374 g/mol. The Morgan fingerprint density at radius 2 is 1.93 bits per heavy atom. The van der Waals surface area contributed by atoms with Gasteiger partial charge in [-0.3, -0.25) is 14.4 Å². The Labute approximate surface area is 159 Å². The number of hydrogen-bond acceptors (Lipinski definition) is 5. The van der Waals surface area contributed by atoms with E-state index in [1.807, 2.05) is 19.1 Å². The maximum absolute atomic E-state index is 12.5. The van der Waals surface area contributed by atoms with E-state index < -0.39 is 18.0 Å². The number of hydrogen-bond donors (Lipinski definition) is 0. The third-order valence-electron chi connectivity index (χ3n) is 5.14. The van der Waals surface area contributed by atoms with Gasteiger partial charge in [0.1, 0.15) is 5.75 Å². The van der Waals surface area contributed by atoms with Crippen molar-refractivity contribution < 1.29 is 23.9 Å². The zero-order valence-electron chi connectivity index (χ0n) is 16.1. The number of carbonyl (C=O) groups is 3. The van der Waals surface area contributed by atoms with Crippen molar-refractivity contribution in [1.82, 2.24) is 4.90 Å².